The Labute approximate surface area is 113 Å². The molecule has 0 radical (unpaired) electrons. The number of benzene rings is 1. The Bertz CT molecular complexity index is 482. The summed E-state index contributed by atoms with van der Waals surface area (Å²) < 4.78 is 10.6. The fourth-order valence-electron chi connectivity index (χ4n) is 2.38. The molecule has 19 heavy (non-hydrogen) atoms. The molecule has 1 aromatic rings. The van der Waals surface area contributed by atoms with Gasteiger partial charge < -0.3 is 15.2 Å². The third kappa shape index (κ3) is 2.73. The molecule has 4 nitrogen and oxygen atoms in total. The molecule has 1 unspecified atom stereocenters. The number of esters is 1. The molecule has 0 aromatic heterocycles. The predicted molar refractivity (Wildman–Crippen MR) is 73.0 cm³/mol. The fraction of sp³-hybridized carbons (Fsp3) is 0.533. The molecular weight excluding hydrogens is 242 g/mol. The van der Waals surface area contributed by atoms with E-state index in [1.807, 2.05) is 32.0 Å². The highest BCUT2D eigenvalue weighted by Gasteiger charge is 2.30. The van der Waals surface area contributed by atoms with Gasteiger partial charge in [-0.3, -0.25) is 4.79 Å². The van der Waals surface area contributed by atoms with Gasteiger partial charge in [0.15, 0.2) is 0 Å². The number of ether oxygens (including phenoxy) is 2. The summed E-state index contributed by atoms with van der Waals surface area (Å²) in [6.07, 6.45) is 1.89. The lowest BCUT2D eigenvalue weighted by molar-refractivity contribution is -0.152. The van der Waals surface area contributed by atoms with Gasteiger partial charge in [0.2, 0.25) is 0 Å². The molecule has 0 spiro atoms. The topological polar surface area (TPSA) is 61.5 Å². The summed E-state index contributed by atoms with van der Waals surface area (Å²) in [6, 6.07) is 6.03. The first-order chi connectivity index (χ1) is 8.95. The summed E-state index contributed by atoms with van der Waals surface area (Å²) in [4.78, 5) is 11.6. The second-order valence-corrected chi connectivity index (χ2v) is 5.63. The van der Waals surface area contributed by atoms with Gasteiger partial charge in [0.1, 0.15) is 12.4 Å². The molecule has 0 aliphatic heterocycles. The van der Waals surface area contributed by atoms with E-state index in [2.05, 4.69) is 0 Å². The van der Waals surface area contributed by atoms with Crippen LogP contribution in [-0.4, -0.2) is 19.7 Å². The monoisotopic (exact) mass is 263 g/mol. The van der Waals surface area contributed by atoms with Crippen molar-refractivity contribution in [2.24, 2.45) is 11.1 Å². The van der Waals surface area contributed by atoms with Gasteiger partial charge in [-0.15, -0.1) is 0 Å². The van der Waals surface area contributed by atoms with Gasteiger partial charge in [-0.25, -0.2) is 0 Å². The maximum Gasteiger partial charge on any atom is 0.314 e. The standard InChI is InChI=1S/C15H21NO3/c1-15(2,14(17)18-3)9-19-13-6-4-5-10-11(13)7-8-12(10)16/h4-6,12H,7-9,16H2,1-3H3. The number of carbonyl (C=O) groups is 1. The van der Waals surface area contributed by atoms with Crippen LogP contribution in [0.5, 0.6) is 5.75 Å². The number of methoxy groups -OCH3 is 1. The van der Waals surface area contributed by atoms with Crippen molar-refractivity contribution < 1.29 is 14.3 Å². The fourth-order valence-corrected chi connectivity index (χ4v) is 2.38. The van der Waals surface area contributed by atoms with Gasteiger partial charge in [0.05, 0.1) is 12.5 Å². The van der Waals surface area contributed by atoms with Crippen molar-refractivity contribution in [3.05, 3.63) is 29.3 Å². The summed E-state index contributed by atoms with van der Waals surface area (Å²) >= 11 is 0. The minimum absolute atomic E-state index is 0.104. The van der Waals surface area contributed by atoms with Gasteiger partial charge in [-0.2, -0.15) is 0 Å². The number of carbonyl (C=O) groups excluding carboxylic acids is 1. The van der Waals surface area contributed by atoms with E-state index in [4.69, 9.17) is 15.2 Å². The van der Waals surface area contributed by atoms with Crippen LogP contribution in [0.25, 0.3) is 0 Å². The van der Waals surface area contributed by atoms with Gasteiger partial charge in [-0.1, -0.05) is 12.1 Å². The van der Waals surface area contributed by atoms with Crippen LogP contribution < -0.4 is 10.5 Å². The Hall–Kier alpha value is -1.55. The first kappa shape index (κ1) is 13.9. The van der Waals surface area contributed by atoms with Crippen LogP contribution >= 0.6 is 0 Å². The van der Waals surface area contributed by atoms with E-state index in [9.17, 15) is 4.79 Å². The van der Waals surface area contributed by atoms with E-state index in [0.717, 1.165) is 24.2 Å². The molecule has 0 fully saturated rings. The molecule has 0 heterocycles. The molecule has 1 aromatic carbocycles. The van der Waals surface area contributed by atoms with Crippen molar-refractivity contribution in [3.63, 3.8) is 0 Å². The molecule has 0 saturated carbocycles. The summed E-state index contributed by atoms with van der Waals surface area (Å²) in [7, 11) is 1.39. The van der Waals surface area contributed by atoms with Crippen molar-refractivity contribution in [2.45, 2.75) is 32.7 Å². The Morgan fingerprint density at radius 2 is 2.21 bits per heavy atom. The lowest BCUT2D eigenvalue weighted by atomic mass is 9.95. The highest BCUT2D eigenvalue weighted by molar-refractivity contribution is 5.75. The average molecular weight is 263 g/mol. The van der Waals surface area contributed by atoms with Crippen LogP contribution in [-0.2, 0) is 16.0 Å². The molecule has 4 heteroatoms. The van der Waals surface area contributed by atoms with E-state index in [1.54, 1.807) is 0 Å². The van der Waals surface area contributed by atoms with Crippen LogP contribution in [0.1, 0.15) is 37.4 Å². The summed E-state index contributed by atoms with van der Waals surface area (Å²) in [5, 5.41) is 0. The number of hydrogen-bond acceptors (Lipinski definition) is 4. The largest absolute Gasteiger partial charge is 0.492 e. The quantitative estimate of drug-likeness (QED) is 0.846. The second kappa shape index (κ2) is 5.21. The molecule has 2 N–H and O–H groups in total. The minimum atomic E-state index is -0.655. The van der Waals surface area contributed by atoms with E-state index >= 15 is 0 Å². The molecule has 0 saturated heterocycles. The van der Waals surface area contributed by atoms with Crippen molar-refractivity contribution in [1.82, 2.24) is 0 Å². The third-order valence-corrected chi connectivity index (χ3v) is 3.60. The van der Waals surface area contributed by atoms with Crippen LogP contribution in [0, 0.1) is 5.41 Å². The zero-order valence-electron chi connectivity index (χ0n) is 11.7. The van der Waals surface area contributed by atoms with E-state index in [1.165, 1.54) is 12.7 Å². The van der Waals surface area contributed by atoms with Crippen LogP contribution in [0.3, 0.4) is 0 Å². The van der Waals surface area contributed by atoms with Crippen LogP contribution in [0.15, 0.2) is 18.2 Å². The Morgan fingerprint density at radius 1 is 1.47 bits per heavy atom. The SMILES string of the molecule is COC(=O)C(C)(C)COc1cccc2c1CCC2N. The maximum atomic E-state index is 11.6. The van der Waals surface area contributed by atoms with E-state index < -0.39 is 5.41 Å². The first-order valence-electron chi connectivity index (χ1n) is 6.54. The summed E-state index contributed by atoms with van der Waals surface area (Å²) in [5.74, 6) is 0.569. The number of fused-ring (bicyclic) bond motifs is 1. The van der Waals surface area contributed by atoms with Gasteiger partial charge in [0, 0.05) is 6.04 Å². The number of hydrogen-bond donors (Lipinski definition) is 1. The highest BCUT2D eigenvalue weighted by atomic mass is 16.5. The first-order valence-corrected chi connectivity index (χ1v) is 6.54. The zero-order valence-corrected chi connectivity index (χ0v) is 11.7. The van der Waals surface area contributed by atoms with Crippen LogP contribution in [0.4, 0.5) is 0 Å². The second-order valence-electron chi connectivity index (χ2n) is 5.63. The van der Waals surface area contributed by atoms with Crippen molar-refractivity contribution >= 4 is 5.97 Å². The third-order valence-electron chi connectivity index (χ3n) is 3.60. The summed E-state index contributed by atoms with van der Waals surface area (Å²) in [6.45, 7) is 3.92. The molecule has 0 amide bonds. The molecule has 0 bridgehead atoms. The minimum Gasteiger partial charge on any atom is -0.492 e. The zero-order chi connectivity index (χ0) is 14.0. The summed E-state index contributed by atoms with van der Waals surface area (Å²) in [5.41, 5.74) is 7.72. The van der Waals surface area contributed by atoms with Gasteiger partial charge in [0.25, 0.3) is 0 Å². The molecule has 1 aliphatic rings. The molecule has 104 valence electrons. The smallest absolute Gasteiger partial charge is 0.314 e. The lowest BCUT2D eigenvalue weighted by Gasteiger charge is -2.22. The van der Waals surface area contributed by atoms with Crippen molar-refractivity contribution in [3.8, 4) is 5.75 Å². The average Bonchev–Trinajstić information content (AvgIpc) is 2.78. The van der Waals surface area contributed by atoms with Crippen molar-refractivity contribution in [1.29, 1.82) is 0 Å². The van der Waals surface area contributed by atoms with Gasteiger partial charge in [-0.05, 0) is 43.9 Å². The maximum absolute atomic E-state index is 11.6. The van der Waals surface area contributed by atoms with Crippen molar-refractivity contribution in [2.75, 3.05) is 13.7 Å². The number of rotatable bonds is 4. The molecular formula is C15H21NO3. The van der Waals surface area contributed by atoms with E-state index in [-0.39, 0.29) is 12.0 Å². The molecule has 2 rings (SSSR count). The normalized spacial score (nSPS) is 18.0. The Kier molecular flexibility index (Phi) is 3.80. The Morgan fingerprint density at radius 3 is 2.89 bits per heavy atom. The number of nitrogens with two attached hydrogens (primary N) is 1. The van der Waals surface area contributed by atoms with Gasteiger partial charge >= 0.3 is 5.97 Å². The predicted octanol–water partition coefficient (Wildman–Crippen LogP) is 2.21. The molecule has 1 aliphatic carbocycles. The van der Waals surface area contributed by atoms with Crippen LogP contribution in [0.2, 0.25) is 0 Å². The van der Waals surface area contributed by atoms with E-state index in [0.29, 0.717) is 6.61 Å². The Balaban J connectivity index is 2.11. The lowest BCUT2D eigenvalue weighted by Crippen LogP contribution is -2.32. The molecule has 1 atom stereocenters. The highest BCUT2D eigenvalue weighted by Crippen LogP contribution is 2.36.